The number of nitrogens with zero attached hydrogens (tertiary/aromatic N) is 1. The predicted molar refractivity (Wildman–Crippen MR) is 82.4 cm³/mol. The van der Waals surface area contributed by atoms with Gasteiger partial charge in [0.2, 0.25) is 0 Å². The molecule has 1 fully saturated rings. The molecule has 2 rings (SSSR count). The minimum atomic E-state index is 0.901. The van der Waals surface area contributed by atoms with E-state index in [1.165, 1.54) is 48.1 Å². The van der Waals surface area contributed by atoms with Crippen LogP contribution >= 0.6 is 15.9 Å². The molecule has 2 nitrogen and oxygen atoms in total. The van der Waals surface area contributed by atoms with Crippen molar-refractivity contribution in [3.05, 3.63) is 28.2 Å². The van der Waals surface area contributed by atoms with Crippen LogP contribution < -0.4 is 10.2 Å². The van der Waals surface area contributed by atoms with Gasteiger partial charge >= 0.3 is 0 Å². The van der Waals surface area contributed by atoms with Crippen molar-refractivity contribution >= 4 is 21.6 Å². The fourth-order valence-corrected chi connectivity index (χ4v) is 3.42. The summed E-state index contributed by atoms with van der Waals surface area (Å²) in [4.78, 5) is 2.51. The number of hydrogen-bond donors (Lipinski definition) is 1. The summed E-state index contributed by atoms with van der Waals surface area (Å²) in [6, 6.07) is 6.66. The third-order valence-electron chi connectivity index (χ3n) is 3.86. The summed E-state index contributed by atoms with van der Waals surface area (Å²) in [5, 5.41) is 3.25. The largest absolute Gasteiger partial charge is 0.371 e. The summed E-state index contributed by atoms with van der Waals surface area (Å²) in [7, 11) is 2.04. The van der Waals surface area contributed by atoms with E-state index >= 15 is 0 Å². The number of rotatable bonds is 4. The van der Waals surface area contributed by atoms with Crippen LogP contribution in [0.1, 0.15) is 24.8 Å². The Morgan fingerprint density at radius 1 is 1.33 bits per heavy atom. The molecular weight excluding hydrogens is 288 g/mol. The number of benzene rings is 1. The van der Waals surface area contributed by atoms with Gasteiger partial charge in [-0.2, -0.15) is 0 Å². The third-order valence-corrected chi connectivity index (χ3v) is 4.50. The molecular formula is C15H23BrN2. The summed E-state index contributed by atoms with van der Waals surface area (Å²) in [6.45, 7) is 5.67. The molecule has 3 heteroatoms. The number of piperidine rings is 1. The van der Waals surface area contributed by atoms with Crippen LogP contribution in [0.15, 0.2) is 22.7 Å². The highest BCUT2D eigenvalue weighted by atomic mass is 79.9. The first-order valence-electron chi connectivity index (χ1n) is 6.86. The van der Waals surface area contributed by atoms with Crippen molar-refractivity contribution < 1.29 is 0 Å². The van der Waals surface area contributed by atoms with E-state index in [1.54, 1.807) is 0 Å². The molecule has 0 amide bonds. The second-order valence-electron chi connectivity index (χ2n) is 5.28. The fraction of sp³-hybridized carbons (Fsp3) is 0.600. The van der Waals surface area contributed by atoms with Crippen molar-refractivity contribution in [3.8, 4) is 0 Å². The van der Waals surface area contributed by atoms with E-state index in [9.17, 15) is 0 Å². The first kappa shape index (κ1) is 13.9. The number of hydrogen-bond acceptors (Lipinski definition) is 2. The molecule has 0 aromatic heterocycles. The zero-order valence-electron chi connectivity index (χ0n) is 11.4. The SMILES string of the molecule is CNCCC1CCN(c2ccc(C)cc2Br)CC1. The van der Waals surface area contributed by atoms with Crippen LogP contribution in [-0.2, 0) is 0 Å². The van der Waals surface area contributed by atoms with Crippen molar-refractivity contribution in [1.29, 1.82) is 0 Å². The van der Waals surface area contributed by atoms with Gasteiger partial charge in [0.1, 0.15) is 0 Å². The van der Waals surface area contributed by atoms with Crippen LogP contribution in [0.3, 0.4) is 0 Å². The van der Waals surface area contributed by atoms with E-state index in [4.69, 9.17) is 0 Å². The zero-order valence-corrected chi connectivity index (χ0v) is 13.0. The van der Waals surface area contributed by atoms with Crippen LogP contribution in [0.5, 0.6) is 0 Å². The van der Waals surface area contributed by atoms with E-state index in [-0.39, 0.29) is 0 Å². The maximum Gasteiger partial charge on any atom is 0.0510 e. The summed E-state index contributed by atoms with van der Waals surface area (Å²) < 4.78 is 1.23. The first-order chi connectivity index (χ1) is 8.70. The fourth-order valence-electron chi connectivity index (χ4n) is 2.68. The van der Waals surface area contributed by atoms with Crippen LogP contribution in [0.25, 0.3) is 0 Å². The molecule has 1 heterocycles. The van der Waals surface area contributed by atoms with Gasteiger partial charge in [0.05, 0.1) is 5.69 Å². The number of anilines is 1. The number of halogens is 1. The van der Waals surface area contributed by atoms with Crippen molar-refractivity contribution in [1.82, 2.24) is 5.32 Å². The van der Waals surface area contributed by atoms with E-state index in [0.29, 0.717) is 0 Å². The minimum Gasteiger partial charge on any atom is -0.371 e. The first-order valence-corrected chi connectivity index (χ1v) is 7.65. The molecule has 1 aliphatic rings. The van der Waals surface area contributed by atoms with E-state index in [1.807, 2.05) is 7.05 Å². The molecule has 0 aliphatic carbocycles. The molecule has 18 heavy (non-hydrogen) atoms. The highest BCUT2D eigenvalue weighted by Crippen LogP contribution is 2.31. The molecule has 0 spiro atoms. The summed E-state index contributed by atoms with van der Waals surface area (Å²) in [5.74, 6) is 0.901. The monoisotopic (exact) mass is 310 g/mol. The molecule has 100 valence electrons. The average Bonchev–Trinajstić information content (AvgIpc) is 2.37. The van der Waals surface area contributed by atoms with Crippen LogP contribution in [-0.4, -0.2) is 26.7 Å². The molecule has 1 aliphatic heterocycles. The van der Waals surface area contributed by atoms with E-state index in [0.717, 1.165) is 12.5 Å². The second kappa shape index (κ2) is 6.58. The Hall–Kier alpha value is -0.540. The lowest BCUT2D eigenvalue weighted by Gasteiger charge is -2.34. The van der Waals surface area contributed by atoms with Gasteiger partial charge in [-0.05, 0) is 79.3 Å². The molecule has 1 saturated heterocycles. The minimum absolute atomic E-state index is 0.901. The van der Waals surface area contributed by atoms with E-state index in [2.05, 4.69) is 51.3 Å². The lowest BCUT2D eigenvalue weighted by Crippen LogP contribution is -2.34. The highest BCUT2D eigenvalue weighted by Gasteiger charge is 2.20. The van der Waals surface area contributed by atoms with Gasteiger partial charge in [-0.1, -0.05) is 6.07 Å². The standard InChI is InChI=1S/C15H23BrN2/c1-12-3-4-15(14(16)11-12)18-9-6-13(7-10-18)5-8-17-2/h3-4,11,13,17H,5-10H2,1-2H3. The van der Waals surface area contributed by atoms with Gasteiger partial charge in [-0.3, -0.25) is 0 Å². The maximum atomic E-state index is 3.69. The van der Waals surface area contributed by atoms with Crippen molar-refractivity contribution in [3.63, 3.8) is 0 Å². The maximum absolute atomic E-state index is 3.69. The van der Waals surface area contributed by atoms with Crippen LogP contribution in [0, 0.1) is 12.8 Å². The van der Waals surface area contributed by atoms with Crippen molar-refractivity contribution in [2.75, 3.05) is 31.6 Å². The molecule has 0 saturated carbocycles. The van der Waals surface area contributed by atoms with Gasteiger partial charge in [0, 0.05) is 17.6 Å². The molecule has 0 atom stereocenters. The van der Waals surface area contributed by atoms with Gasteiger partial charge in [0.25, 0.3) is 0 Å². The summed E-state index contributed by atoms with van der Waals surface area (Å²) in [6.07, 6.45) is 3.96. The van der Waals surface area contributed by atoms with Crippen molar-refractivity contribution in [2.24, 2.45) is 5.92 Å². The molecule has 0 radical (unpaired) electrons. The van der Waals surface area contributed by atoms with Gasteiger partial charge in [0.15, 0.2) is 0 Å². The predicted octanol–water partition coefficient (Wildman–Crippen LogP) is 3.58. The Morgan fingerprint density at radius 2 is 2.06 bits per heavy atom. The summed E-state index contributed by atoms with van der Waals surface area (Å²) >= 11 is 3.69. The Bertz CT molecular complexity index is 384. The smallest absolute Gasteiger partial charge is 0.0510 e. The Morgan fingerprint density at radius 3 is 2.67 bits per heavy atom. The zero-order chi connectivity index (χ0) is 13.0. The summed E-state index contributed by atoms with van der Waals surface area (Å²) in [5.41, 5.74) is 2.67. The molecule has 0 bridgehead atoms. The van der Waals surface area contributed by atoms with Gasteiger partial charge in [-0.15, -0.1) is 0 Å². The third kappa shape index (κ3) is 3.48. The number of aryl methyl sites for hydroxylation is 1. The van der Waals surface area contributed by atoms with Gasteiger partial charge in [-0.25, -0.2) is 0 Å². The quantitative estimate of drug-likeness (QED) is 0.914. The molecule has 1 N–H and O–H groups in total. The van der Waals surface area contributed by atoms with E-state index < -0.39 is 0 Å². The lowest BCUT2D eigenvalue weighted by atomic mass is 9.93. The van der Waals surface area contributed by atoms with Crippen molar-refractivity contribution in [2.45, 2.75) is 26.2 Å². The Labute approximate surface area is 119 Å². The molecule has 0 unspecified atom stereocenters. The average molecular weight is 311 g/mol. The number of nitrogens with one attached hydrogen (secondary N) is 1. The Kier molecular flexibility index (Phi) is 5.07. The normalized spacial score (nSPS) is 17.2. The topological polar surface area (TPSA) is 15.3 Å². The molecule has 1 aromatic rings. The van der Waals surface area contributed by atoms with Crippen LogP contribution in [0.2, 0.25) is 0 Å². The lowest BCUT2D eigenvalue weighted by molar-refractivity contribution is 0.378. The molecule has 1 aromatic carbocycles. The van der Waals surface area contributed by atoms with Gasteiger partial charge < -0.3 is 10.2 Å². The highest BCUT2D eigenvalue weighted by molar-refractivity contribution is 9.10. The van der Waals surface area contributed by atoms with Crippen LogP contribution in [0.4, 0.5) is 5.69 Å². The second-order valence-corrected chi connectivity index (χ2v) is 6.13. The Balaban J connectivity index is 1.93.